The van der Waals surface area contributed by atoms with E-state index in [4.69, 9.17) is 16.1 Å². The highest BCUT2D eigenvalue weighted by molar-refractivity contribution is 6.30. The van der Waals surface area contributed by atoms with Crippen molar-refractivity contribution in [3.63, 3.8) is 0 Å². The van der Waals surface area contributed by atoms with Gasteiger partial charge in [0.05, 0.1) is 6.54 Å². The number of aromatic nitrogens is 2. The van der Waals surface area contributed by atoms with Crippen molar-refractivity contribution in [1.29, 1.82) is 0 Å². The SMILES string of the molecule is CCC(CNC(=O)C1CCN(Cc2nc(-c3ccc(Cl)cc3)no2)CC1)Cc1ccccc1. The summed E-state index contributed by atoms with van der Waals surface area (Å²) in [5.74, 6) is 1.88. The summed E-state index contributed by atoms with van der Waals surface area (Å²) in [5, 5.41) is 7.97. The minimum absolute atomic E-state index is 0.0720. The molecule has 0 saturated carbocycles. The van der Waals surface area contributed by atoms with Crippen LogP contribution >= 0.6 is 11.6 Å². The number of hydrogen-bond acceptors (Lipinski definition) is 5. The third-order valence-electron chi connectivity index (χ3n) is 6.40. The van der Waals surface area contributed by atoms with Crippen LogP contribution in [-0.4, -0.2) is 40.6 Å². The van der Waals surface area contributed by atoms with E-state index in [1.54, 1.807) is 0 Å². The second kappa shape index (κ2) is 11.4. The molecule has 1 saturated heterocycles. The first-order chi connectivity index (χ1) is 16.1. The van der Waals surface area contributed by atoms with E-state index in [2.05, 4.69) is 51.5 Å². The molecule has 174 valence electrons. The van der Waals surface area contributed by atoms with E-state index in [1.807, 2.05) is 30.3 Å². The topological polar surface area (TPSA) is 71.3 Å². The van der Waals surface area contributed by atoms with Crippen LogP contribution in [0.3, 0.4) is 0 Å². The van der Waals surface area contributed by atoms with Crippen LogP contribution in [0.1, 0.15) is 37.6 Å². The molecule has 2 aromatic carbocycles. The van der Waals surface area contributed by atoms with Gasteiger partial charge < -0.3 is 9.84 Å². The normalized spacial score (nSPS) is 15.9. The van der Waals surface area contributed by atoms with Gasteiger partial charge in [-0.25, -0.2) is 0 Å². The van der Waals surface area contributed by atoms with E-state index in [1.165, 1.54) is 5.56 Å². The van der Waals surface area contributed by atoms with Crippen LogP contribution in [0.5, 0.6) is 0 Å². The first kappa shape index (κ1) is 23.5. The number of nitrogens with zero attached hydrogens (tertiary/aromatic N) is 3. The Morgan fingerprint density at radius 3 is 2.58 bits per heavy atom. The van der Waals surface area contributed by atoms with Crippen molar-refractivity contribution in [3.05, 3.63) is 71.1 Å². The van der Waals surface area contributed by atoms with Gasteiger partial charge in [-0.3, -0.25) is 9.69 Å². The summed E-state index contributed by atoms with van der Waals surface area (Å²) in [6.45, 7) is 5.22. The van der Waals surface area contributed by atoms with Gasteiger partial charge in [-0.15, -0.1) is 0 Å². The van der Waals surface area contributed by atoms with Crippen LogP contribution in [0.2, 0.25) is 5.02 Å². The molecule has 6 nitrogen and oxygen atoms in total. The highest BCUT2D eigenvalue weighted by atomic mass is 35.5. The molecule has 1 fully saturated rings. The van der Waals surface area contributed by atoms with Gasteiger partial charge in [0, 0.05) is 23.0 Å². The Kier molecular flexibility index (Phi) is 8.13. The largest absolute Gasteiger partial charge is 0.356 e. The molecule has 33 heavy (non-hydrogen) atoms. The molecule has 1 N–H and O–H groups in total. The molecule has 1 aliphatic heterocycles. The van der Waals surface area contributed by atoms with E-state index in [0.717, 1.165) is 50.9 Å². The fourth-order valence-corrected chi connectivity index (χ4v) is 4.40. The first-order valence-corrected chi connectivity index (χ1v) is 12.1. The molecular weight excluding hydrogens is 436 g/mol. The van der Waals surface area contributed by atoms with Gasteiger partial charge in [0.1, 0.15) is 0 Å². The van der Waals surface area contributed by atoms with E-state index >= 15 is 0 Å². The maximum Gasteiger partial charge on any atom is 0.241 e. The van der Waals surface area contributed by atoms with Crippen LogP contribution in [0.15, 0.2) is 59.1 Å². The maximum absolute atomic E-state index is 12.7. The highest BCUT2D eigenvalue weighted by Gasteiger charge is 2.26. The van der Waals surface area contributed by atoms with Gasteiger partial charge in [0.2, 0.25) is 17.6 Å². The smallest absolute Gasteiger partial charge is 0.241 e. The Bertz CT molecular complexity index is 1010. The number of nitrogens with one attached hydrogen (secondary N) is 1. The fourth-order valence-electron chi connectivity index (χ4n) is 4.28. The van der Waals surface area contributed by atoms with E-state index in [9.17, 15) is 4.79 Å². The lowest BCUT2D eigenvalue weighted by Gasteiger charge is -2.30. The molecule has 1 amide bonds. The summed E-state index contributed by atoms with van der Waals surface area (Å²) in [7, 11) is 0. The molecule has 3 aromatic rings. The number of hydrogen-bond donors (Lipinski definition) is 1. The van der Waals surface area contributed by atoms with Gasteiger partial charge in [0.15, 0.2) is 0 Å². The van der Waals surface area contributed by atoms with E-state index in [0.29, 0.717) is 29.2 Å². The maximum atomic E-state index is 12.7. The Balaban J connectivity index is 1.21. The summed E-state index contributed by atoms with van der Waals surface area (Å²) in [6.07, 6.45) is 3.74. The summed E-state index contributed by atoms with van der Waals surface area (Å²) >= 11 is 5.94. The molecule has 2 heterocycles. The summed E-state index contributed by atoms with van der Waals surface area (Å²) in [5.41, 5.74) is 2.20. The standard InChI is InChI=1S/C26H31ClN4O2/c1-2-19(16-20-6-4-3-5-7-20)17-28-26(32)22-12-14-31(15-13-22)18-24-29-25(30-33-24)21-8-10-23(27)11-9-21/h3-11,19,22H,2,12-18H2,1H3,(H,28,32). The van der Waals surface area contributed by atoms with Gasteiger partial charge in [0.25, 0.3) is 0 Å². The molecule has 0 spiro atoms. The Morgan fingerprint density at radius 2 is 1.88 bits per heavy atom. The predicted molar refractivity (Wildman–Crippen MR) is 130 cm³/mol. The van der Waals surface area contributed by atoms with Crippen molar-refractivity contribution in [1.82, 2.24) is 20.4 Å². The molecule has 1 atom stereocenters. The Hall–Kier alpha value is -2.70. The number of carbonyl (C=O) groups excluding carboxylic acids is 1. The molecule has 1 unspecified atom stereocenters. The van der Waals surface area contributed by atoms with Crippen molar-refractivity contribution >= 4 is 17.5 Å². The van der Waals surface area contributed by atoms with Crippen LogP contribution in [-0.2, 0) is 17.8 Å². The Morgan fingerprint density at radius 1 is 1.15 bits per heavy atom. The summed E-state index contributed by atoms with van der Waals surface area (Å²) in [6, 6.07) is 17.9. The Labute approximate surface area is 200 Å². The summed E-state index contributed by atoms with van der Waals surface area (Å²) < 4.78 is 5.44. The lowest BCUT2D eigenvalue weighted by atomic mass is 9.94. The monoisotopic (exact) mass is 466 g/mol. The third kappa shape index (κ3) is 6.65. The summed E-state index contributed by atoms with van der Waals surface area (Å²) in [4.78, 5) is 19.5. The van der Waals surface area contributed by atoms with Gasteiger partial charge in [-0.2, -0.15) is 4.98 Å². The molecule has 0 aliphatic carbocycles. The van der Waals surface area contributed by atoms with Crippen LogP contribution in [0.4, 0.5) is 0 Å². The molecule has 1 aliphatic rings. The zero-order chi connectivity index (χ0) is 23.0. The van der Waals surface area contributed by atoms with Crippen LogP contribution in [0.25, 0.3) is 11.4 Å². The van der Waals surface area contributed by atoms with Gasteiger partial charge in [-0.1, -0.05) is 60.4 Å². The number of piperidine rings is 1. The molecule has 1 aromatic heterocycles. The number of benzene rings is 2. The van der Waals surface area contributed by atoms with Crippen molar-refractivity contribution in [2.24, 2.45) is 11.8 Å². The minimum Gasteiger partial charge on any atom is -0.356 e. The molecule has 0 bridgehead atoms. The first-order valence-electron chi connectivity index (χ1n) is 11.7. The molecular formula is C26H31ClN4O2. The lowest BCUT2D eigenvalue weighted by Crippen LogP contribution is -2.41. The molecule has 7 heteroatoms. The third-order valence-corrected chi connectivity index (χ3v) is 6.65. The van der Waals surface area contributed by atoms with Crippen molar-refractivity contribution in [2.75, 3.05) is 19.6 Å². The van der Waals surface area contributed by atoms with Crippen LogP contribution < -0.4 is 5.32 Å². The van der Waals surface area contributed by atoms with E-state index < -0.39 is 0 Å². The number of carbonyl (C=O) groups is 1. The number of likely N-dealkylation sites (tertiary alicyclic amines) is 1. The number of amides is 1. The average Bonchev–Trinajstić information content (AvgIpc) is 3.31. The van der Waals surface area contributed by atoms with Crippen molar-refractivity contribution in [3.8, 4) is 11.4 Å². The van der Waals surface area contributed by atoms with Crippen molar-refractivity contribution < 1.29 is 9.32 Å². The predicted octanol–water partition coefficient (Wildman–Crippen LogP) is 4.99. The zero-order valence-electron chi connectivity index (χ0n) is 19.0. The molecule has 0 radical (unpaired) electrons. The van der Waals surface area contributed by atoms with E-state index in [-0.39, 0.29) is 11.8 Å². The number of halogens is 1. The lowest BCUT2D eigenvalue weighted by molar-refractivity contribution is -0.126. The highest BCUT2D eigenvalue weighted by Crippen LogP contribution is 2.22. The second-order valence-corrected chi connectivity index (χ2v) is 9.21. The van der Waals surface area contributed by atoms with Crippen LogP contribution in [0, 0.1) is 11.8 Å². The second-order valence-electron chi connectivity index (χ2n) is 8.78. The van der Waals surface area contributed by atoms with Gasteiger partial charge in [-0.05, 0) is 68.1 Å². The van der Waals surface area contributed by atoms with Crippen molar-refractivity contribution in [2.45, 2.75) is 39.2 Å². The number of rotatable bonds is 9. The quantitative estimate of drug-likeness (QED) is 0.481. The van der Waals surface area contributed by atoms with Gasteiger partial charge >= 0.3 is 0 Å². The fraction of sp³-hybridized carbons (Fsp3) is 0.423. The average molecular weight is 467 g/mol. The molecule has 4 rings (SSSR count). The zero-order valence-corrected chi connectivity index (χ0v) is 19.8. The minimum atomic E-state index is 0.0720.